The topological polar surface area (TPSA) is 66.4 Å². The molecular weight excluding hydrogens is 280 g/mol. The Kier molecular flexibility index (Phi) is 5.41. The van der Waals surface area contributed by atoms with Gasteiger partial charge in [0.15, 0.2) is 0 Å². The Hall–Kier alpha value is -1.98. The van der Waals surface area contributed by atoms with Crippen LogP contribution >= 0.6 is 0 Å². The van der Waals surface area contributed by atoms with Gasteiger partial charge in [-0.15, -0.1) is 0 Å². The van der Waals surface area contributed by atoms with Gasteiger partial charge in [0, 0.05) is 18.1 Å². The van der Waals surface area contributed by atoms with Gasteiger partial charge in [0.05, 0.1) is 12.5 Å². The first-order valence-electron chi connectivity index (χ1n) is 6.57. The molecule has 116 valence electrons. The zero-order valence-corrected chi connectivity index (χ0v) is 12.2. The lowest BCUT2D eigenvalue weighted by Gasteiger charge is -2.23. The molecule has 1 aromatic carbocycles. The van der Waals surface area contributed by atoms with Gasteiger partial charge in [-0.25, -0.2) is 8.78 Å². The van der Waals surface area contributed by atoms with Gasteiger partial charge >= 0.3 is 5.97 Å². The molecular formula is C15H19F2NO3. The molecule has 6 heteroatoms. The van der Waals surface area contributed by atoms with Crippen molar-refractivity contribution in [1.82, 2.24) is 5.32 Å². The highest BCUT2D eigenvalue weighted by Gasteiger charge is 2.26. The molecule has 0 aliphatic carbocycles. The summed E-state index contributed by atoms with van der Waals surface area (Å²) in [6.45, 7) is 4.92. The molecule has 0 saturated heterocycles. The van der Waals surface area contributed by atoms with Gasteiger partial charge in [-0.1, -0.05) is 19.9 Å². The smallest absolute Gasteiger partial charge is 0.303 e. The predicted octanol–water partition coefficient (Wildman–Crippen LogP) is 3.03. The lowest BCUT2D eigenvalue weighted by Crippen LogP contribution is -2.32. The van der Waals surface area contributed by atoms with Crippen LogP contribution in [0.1, 0.15) is 45.2 Å². The number of carbonyl (C=O) groups is 2. The van der Waals surface area contributed by atoms with Crippen LogP contribution in [0.15, 0.2) is 18.2 Å². The summed E-state index contributed by atoms with van der Waals surface area (Å²) in [5.74, 6) is -2.77. The summed E-state index contributed by atoms with van der Waals surface area (Å²) in [4.78, 5) is 22.6. The first-order valence-corrected chi connectivity index (χ1v) is 6.57. The van der Waals surface area contributed by atoms with Crippen molar-refractivity contribution in [1.29, 1.82) is 0 Å². The van der Waals surface area contributed by atoms with Gasteiger partial charge in [0.2, 0.25) is 5.91 Å². The second-order valence-corrected chi connectivity index (χ2v) is 5.87. The molecule has 1 amide bonds. The fourth-order valence-electron chi connectivity index (χ4n) is 2.13. The van der Waals surface area contributed by atoms with Crippen molar-refractivity contribution in [3.63, 3.8) is 0 Å². The molecule has 2 N–H and O–H groups in total. The number of halogens is 2. The second-order valence-electron chi connectivity index (χ2n) is 5.87. The number of amides is 1. The van der Waals surface area contributed by atoms with Crippen molar-refractivity contribution in [2.45, 2.75) is 39.7 Å². The number of rotatable bonds is 6. The fraction of sp³-hybridized carbons (Fsp3) is 0.467. The van der Waals surface area contributed by atoms with Crippen LogP contribution in [-0.4, -0.2) is 17.0 Å². The van der Waals surface area contributed by atoms with Crippen LogP contribution in [-0.2, 0) is 9.59 Å². The first-order chi connectivity index (χ1) is 9.60. The third-order valence-corrected chi connectivity index (χ3v) is 3.08. The minimum absolute atomic E-state index is 0.00640. The van der Waals surface area contributed by atoms with Crippen molar-refractivity contribution in [2.24, 2.45) is 5.41 Å². The van der Waals surface area contributed by atoms with Gasteiger partial charge in [-0.3, -0.25) is 9.59 Å². The summed E-state index contributed by atoms with van der Waals surface area (Å²) in [5, 5.41) is 11.4. The quantitative estimate of drug-likeness (QED) is 0.848. The molecule has 4 nitrogen and oxygen atoms in total. The number of carboxylic acid groups (broad SMARTS) is 1. The van der Waals surface area contributed by atoms with Crippen LogP contribution in [0, 0.1) is 17.0 Å². The average molecular weight is 299 g/mol. The van der Waals surface area contributed by atoms with Gasteiger partial charge in [0.25, 0.3) is 0 Å². The van der Waals surface area contributed by atoms with E-state index in [9.17, 15) is 18.4 Å². The second kappa shape index (κ2) is 6.65. The summed E-state index contributed by atoms with van der Waals surface area (Å²) in [6.07, 6.45) is -0.133. The van der Waals surface area contributed by atoms with E-state index in [1.807, 2.05) is 0 Å². The van der Waals surface area contributed by atoms with Crippen LogP contribution in [0.3, 0.4) is 0 Å². The summed E-state index contributed by atoms with van der Waals surface area (Å²) >= 11 is 0. The monoisotopic (exact) mass is 299 g/mol. The third-order valence-electron chi connectivity index (χ3n) is 3.08. The zero-order chi connectivity index (χ0) is 16.2. The van der Waals surface area contributed by atoms with E-state index in [1.54, 1.807) is 20.8 Å². The van der Waals surface area contributed by atoms with E-state index >= 15 is 0 Å². The number of hydrogen-bond donors (Lipinski definition) is 2. The Morgan fingerprint density at radius 2 is 1.90 bits per heavy atom. The van der Waals surface area contributed by atoms with Gasteiger partial charge in [-0.2, -0.15) is 0 Å². The maximum absolute atomic E-state index is 13.6. The molecule has 1 unspecified atom stereocenters. The number of carboxylic acids is 1. The Bertz CT molecular complexity index is 544. The molecule has 0 bridgehead atoms. The predicted molar refractivity (Wildman–Crippen MR) is 73.6 cm³/mol. The Labute approximate surface area is 122 Å². The van der Waals surface area contributed by atoms with E-state index in [4.69, 9.17) is 5.11 Å². The Balaban J connectivity index is 2.68. The van der Waals surface area contributed by atoms with Crippen LogP contribution in [0.5, 0.6) is 0 Å². The molecule has 0 fully saturated rings. The molecule has 0 saturated carbocycles. The SMILES string of the molecule is CC(NC(=O)CC(C)(C)CC(=O)O)c1ccc(F)cc1F. The lowest BCUT2D eigenvalue weighted by atomic mass is 9.85. The van der Waals surface area contributed by atoms with E-state index in [1.165, 1.54) is 6.07 Å². The molecule has 0 aliphatic rings. The third kappa shape index (κ3) is 5.49. The van der Waals surface area contributed by atoms with Gasteiger partial charge in [-0.05, 0) is 18.4 Å². The minimum Gasteiger partial charge on any atom is -0.481 e. The fourth-order valence-corrected chi connectivity index (χ4v) is 2.13. The normalized spacial score (nSPS) is 12.8. The standard InChI is InChI=1S/C15H19F2NO3/c1-9(11-5-4-10(16)6-12(11)17)18-13(19)7-15(2,3)8-14(20)21/h4-6,9H,7-8H2,1-3H3,(H,18,19)(H,20,21). The van der Waals surface area contributed by atoms with Gasteiger partial charge < -0.3 is 10.4 Å². The summed E-state index contributed by atoms with van der Waals surface area (Å²) in [6, 6.07) is 2.53. The number of hydrogen-bond acceptors (Lipinski definition) is 2. The van der Waals surface area contributed by atoms with E-state index in [0.29, 0.717) is 0 Å². The van der Waals surface area contributed by atoms with E-state index in [-0.39, 0.29) is 24.3 Å². The largest absolute Gasteiger partial charge is 0.481 e. The van der Waals surface area contributed by atoms with E-state index < -0.39 is 29.1 Å². The number of aliphatic carboxylic acids is 1. The maximum atomic E-state index is 13.6. The Morgan fingerprint density at radius 3 is 2.43 bits per heavy atom. The molecule has 0 aromatic heterocycles. The van der Waals surface area contributed by atoms with Crippen molar-refractivity contribution in [3.8, 4) is 0 Å². The van der Waals surface area contributed by atoms with Crippen molar-refractivity contribution in [3.05, 3.63) is 35.4 Å². The molecule has 21 heavy (non-hydrogen) atoms. The molecule has 0 aliphatic heterocycles. The van der Waals surface area contributed by atoms with Crippen LogP contribution < -0.4 is 5.32 Å². The van der Waals surface area contributed by atoms with Crippen molar-refractivity contribution in [2.75, 3.05) is 0 Å². The molecule has 1 atom stereocenters. The lowest BCUT2D eigenvalue weighted by molar-refractivity contribution is -0.139. The molecule has 0 heterocycles. The molecule has 0 spiro atoms. The highest BCUT2D eigenvalue weighted by atomic mass is 19.1. The summed E-state index contributed by atoms with van der Waals surface area (Å²) < 4.78 is 26.4. The van der Waals surface area contributed by atoms with Crippen molar-refractivity contribution >= 4 is 11.9 Å². The van der Waals surface area contributed by atoms with Crippen LogP contribution in [0.25, 0.3) is 0 Å². The number of benzene rings is 1. The van der Waals surface area contributed by atoms with E-state index in [2.05, 4.69) is 5.32 Å². The maximum Gasteiger partial charge on any atom is 0.303 e. The number of carbonyl (C=O) groups excluding carboxylic acids is 1. The highest BCUT2D eigenvalue weighted by molar-refractivity contribution is 5.78. The minimum atomic E-state index is -0.981. The summed E-state index contributed by atoms with van der Waals surface area (Å²) in [5.41, 5.74) is -0.516. The van der Waals surface area contributed by atoms with Gasteiger partial charge in [0.1, 0.15) is 11.6 Å². The highest BCUT2D eigenvalue weighted by Crippen LogP contribution is 2.25. The zero-order valence-electron chi connectivity index (χ0n) is 12.2. The Morgan fingerprint density at radius 1 is 1.29 bits per heavy atom. The van der Waals surface area contributed by atoms with Crippen LogP contribution in [0.2, 0.25) is 0 Å². The van der Waals surface area contributed by atoms with E-state index in [0.717, 1.165) is 12.1 Å². The first kappa shape index (κ1) is 17.1. The molecule has 1 aromatic rings. The van der Waals surface area contributed by atoms with Crippen molar-refractivity contribution < 1.29 is 23.5 Å². The summed E-state index contributed by atoms with van der Waals surface area (Å²) in [7, 11) is 0. The molecule has 0 radical (unpaired) electrons. The number of nitrogens with one attached hydrogen (secondary N) is 1. The molecule has 1 rings (SSSR count). The van der Waals surface area contributed by atoms with Crippen LogP contribution in [0.4, 0.5) is 8.78 Å². The average Bonchev–Trinajstić information content (AvgIpc) is 2.24.